The first-order valence-corrected chi connectivity index (χ1v) is 4.21. The Morgan fingerprint density at radius 3 is 2.40 bits per heavy atom. The van der Waals surface area contributed by atoms with E-state index in [-0.39, 0.29) is 11.3 Å². The minimum atomic E-state index is -4.46. The summed E-state index contributed by atoms with van der Waals surface area (Å²) in [5, 5.41) is 9.27. The van der Waals surface area contributed by atoms with Crippen molar-refractivity contribution in [3.05, 3.63) is 35.4 Å². The van der Waals surface area contributed by atoms with Gasteiger partial charge in [0.05, 0.1) is 0 Å². The Hall–Kier alpha value is -1.49. The van der Waals surface area contributed by atoms with Crippen molar-refractivity contribution in [3.8, 4) is 5.75 Å². The number of hydrogen-bond donors (Lipinski definition) is 2. The third kappa shape index (κ3) is 2.99. The SMILES string of the molecule is NC/C(=C\c1ccccc1O)C(F)(F)F. The molecule has 1 rings (SSSR count). The van der Waals surface area contributed by atoms with Crippen LogP contribution in [0.1, 0.15) is 5.56 Å². The molecular formula is C10H10F3NO. The lowest BCUT2D eigenvalue weighted by Crippen LogP contribution is -2.19. The molecule has 0 saturated carbocycles. The summed E-state index contributed by atoms with van der Waals surface area (Å²) < 4.78 is 36.9. The highest BCUT2D eigenvalue weighted by atomic mass is 19.4. The molecule has 0 bridgehead atoms. The summed E-state index contributed by atoms with van der Waals surface area (Å²) >= 11 is 0. The van der Waals surface area contributed by atoms with Crippen LogP contribution in [-0.4, -0.2) is 17.8 Å². The van der Waals surface area contributed by atoms with Crippen molar-refractivity contribution in [2.45, 2.75) is 6.18 Å². The Morgan fingerprint density at radius 1 is 1.33 bits per heavy atom. The molecule has 0 heterocycles. The molecule has 0 unspecified atom stereocenters. The number of hydrogen-bond acceptors (Lipinski definition) is 2. The maximum absolute atomic E-state index is 12.3. The van der Waals surface area contributed by atoms with E-state index < -0.39 is 18.3 Å². The summed E-state index contributed by atoms with van der Waals surface area (Å²) in [6.07, 6.45) is -3.62. The van der Waals surface area contributed by atoms with Gasteiger partial charge in [-0.1, -0.05) is 18.2 Å². The van der Waals surface area contributed by atoms with Crippen LogP contribution in [0, 0.1) is 0 Å². The predicted octanol–water partition coefficient (Wildman–Crippen LogP) is 2.30. The maximum atomic E-state index is 12.3. The molecule has 0 aromatic heterocycles. The summed E-state index contributed by atoms with van der Waals surface area (Å²) in [4.78, 5) is 0. The fraction of sp³-hybridized carbons (Fsp3) is 0.200. The fourth-order valence-electron chi connectivity index (χ4n) is 1.05. The van der Waals surface area contributed by atoms with Crippen LogP contribution >= 0.6 is 0 Å². The largest absolute Gasteiger partial charge is 0.507 e. The van der Waals surface area contributed by atoms with Crippen molar-refractivity contribution < 1.29 is 18.3 Å². The van der Waals surface area contributed by atoms with Crippen LogP contribution in [0.15, 0.2) is 29.8 Å². The van der Waals surface area contributed by atoms with E-state index in [1.807, 2.05) is 0 Å². The van der Waals surface area contributed by atoms with Gasteiger partial charge in [-0.25, -0.2) is 0 Å². The highest BCUT2D eigenvalue weighted by Gasteiger charge is 2.32. The molecule has 1 aromatic rings. The van der Waals surface area contributed by atoms with Crippen LogP contribution in [0.4, 0.5) is 13.2 Å². The zero-order valence-electron chi connectivity index (χ0n) is 7.75. The van der Waals surface area contributed by atoms with Gasteiger partial charge >= 0.3 is 6.18 Å². The van der Waals surface area contributed by atoms with Crippen molar-refractivity contribution in [2.75, 3.05) is 6.54 Å². The molecule has 5 heteroatoms. The van der Waals surface area contributed by atoms with Gasteiger partial charge < -0.3 is 10.8 Å². The summed E-state index contributed by atoms with van der Waals surface area (Å²) in [7, 11) is 0. The molecular weight excluding hydrogens is 207 g/mol. The number of aromatic hydroxyl groups is 1. The van der Waals surface area contributed by atoms with Crippen molar-refractivity contribution in [3.63, 3.8) is 0 Å². The van der Waals surface area contributed by atoms with Gasteiger partial charge in [-0.3, -0.25) is 0 Å². The number of benzene rings is 1. The van der Waals surface area contributed by atoms with Gasteiger partial charge in [0.1, 0.15) is 5.75 Å². The molecule has 0 aliphatic carbocycles. The average molecular weight is 217 g/mol. The molecule has 82 valence electrons. The van der Waals surface area contributed by atoms with E-state index in [0.717, 1.165) is 6.08 Å². The van der Waals surface area contributed by atoms with Gasteiger partial charge in [-0.2, -0.15) is 13.2 Å². The van der Waals surface area contributed by atoms with Crippen LogP contribution in [0.3, 0.4) is 0 Å². The molecule has 0 radical (unpaired) electrons. The number of phenolic OH excluding ortho intramolecular Hbond substituents is 1. The monoisotopic (exact) mass is 217 g/mol. The molecule has 2 nitrogen and oxygen atoms in total. The summed E-state index contributed by atoms with van der Waals surface area (Å²) in [5.74, 6) is -0.201. The highest BCUT2D eigenvalue weighted by molar-refractivity contribution is 5.60. The Kier molecular flexibility index (Phi) is 3.36. The maximum Gasteiger partial charge on any atom is 0.413 e. The van der Waals surface area contributed by atoms with Crippen molar-refractivity contribution >= 4 is 6.08 Å². The molecule has 3 N–H and O–H groups in total. The van der Waals surface area contributed by atoms with Gasteiger partial charge in [-0.15, -0.1) is 0 Å². The number of nitrogens with two attached hydrogens (primary N) is 1. The van der Waals surface area contributed by atoms with Crippen LogP contribution in [0.25, 0.3) is 6.08 Å². The molecule has 0 atom stereocenters. The number of rotatable bonds is 2. The minimum absolute atomic E-state index is 0.107. The zero-order chi connectivity index (χ0) is 11.5. The third-order valence-electron chi connectivity index (χ3n) is 1.85. The molecule has 0 aliphatic heterocycles. The molecule has 0 amide bonds. The lowest BCUT2D eigenvalue weighted by molar-refractivity contribution is -0.0912. The van der Waals surface area contributed by atoms with Crippen molar-refractivity contribution in [1.29, 1.82) is 0 Å². The van der Waals surface area contributed by atoms with Gasteiger partial charge in [0.2, 0.25) is 0 Å². The predicted molar refractivity (Wildman–Crippen MR) is 51.2 cm³/mol. The second kappa shape index (κ2) is 4.35. The first-order chi connectivity index (χ1) is 6.95. The fourth-order valence-corrected chi connectivity index (χ4v) is 1.05. The Morgan fingerprint density at radius 2 is 1.93 bits per heavy atom. The van der Waals surface area contributed by atoms with Crippen LogP contribution < -0.4 is 5.73 Å². The first kappa shape index (κ1) is 11.6. The molecule has 15 heavy (non-hydrogen) atoms. The number of alkyl halides is 3. The Bertz CT molecular complexity index is 371. The van der Waals surface area contributed by atoms with Gasteiger partial charge in [0.15, 0.2) is 0 Å². The van der Waals surface area contributed by atoms with Gasteiger partial charge in [-0.05, 0) is 12.1 Å². The highest BCUT2D eigenvalue weighted by Crippen LogP contribution is 2.28. The second-order valence-corrected chi connectivity index (χ2v) is 2.93. The van der Waals surface area contributed by atoms with E-state index in [1.54, 1.807) is 0 Å². The normalized spacial score (nSPS) is 12.9. The van der Waals surface area contributed by atoms with Crippen LogP contribution in [0.2, 0.25) is 0 Å². The standard InChI is InChI=1S/C10H10F3NO/c11-10(12,13)8(6-14)5-7-3-1-2-4-9(7)15/h1-5,15H,6,14H2/b8-5+. The minimum Gasteiger partial charge on any atom is -0.507 e. The summed E-state index contributed by atoms with van der Waals surface area (Å²) in [6, 6.07) is 5.77. The second-order valence-electron chi connectivity index (χ2n) is 2.93. The number of phenols is 1. The summed E-state index contributed by atoms with van der Waals surface area (Å²) in [5.41, 5.74) is 4.22. The molecule has 0 fully saturated rings. The third-order valence-corrected chi connectivity index (χ3v) is 1.85. The van der Waals surface area contributed by atoms with E-state index >= 15 is 0 Å². The van der Waals surface area contributed by atoms with E-state index in [2.05, 4.69) is 0 Å². The summed E-state index contributed by atoms with van der Waals surface area (Å²) in [6.45, 7) is -0.613. The van der Waals surface area contributed by atoms with E-state index in [1.165, 1.54) is 24.3 Å². The van der Waals surface area contributed by atoms with Crippen LogP contribution in [-0.2, 0) is 0 Å². The Labute approximate surface area is 84.8 Å². The zero-order valence-corrected chi connectivity index (χ0v) is 7.75. The molecule has 0 aliphatic rings. The lowest BCUT2D eigenvalue weighted by Gasteiger charge is -2.09. The van der Waals surface area contributed by atoms with E-state index in [9.17, 15) is 18.3 Å². The molecule has 0 spiro atoms. The molecule has 0 saturated heterocycles. The lowest BCUT2D eigenvalue weighted by atomic mass is 10.1. The molecule has 1 aromatic carbocycles. The quantitative estimate of drug-likeness (QED) is 0.798. The Balaban J connectivity index is 3.10. The van der Waals surface area contributed by atoms with Crippen LogP contribution in [0.5, 0.6) is 5.75 Å². The number of halogens is 3. The van der Waals surface area contributed by atoms with E-state index in [4.69, 9.17) is 5.73 Å². The van der Waals surface area contributed by atoms with Gasteiger partial charge in [0.25, 0.3) is 0 Å². The number of para-hydroxylation sites is 1. The van der Waals surface area contributed by atoms with E-state index in [0.29, 0.717) is 0 Å². The topological polar surface area (TPSA) is 46.2 Å². The smallest absolute Gasteiger partial charge is 0.413 e. The average Bonchev–Trinajstić information content (AvgIpc) is 2.14. The van der Waals surface area contributed by atoms with Crippen molar-refractivity contribution in [2.24, 2.45) is 5.73 Å². The van der Waals surface area contributed by atoms with Crippen molar-refractivity contribution in [1.82, 2.24) is 0 Å². The first-order valence-electron chi connectivity index (χ1n) is 4.21. The van der Waals surface area contributed by atoms with Gasteiger partial charge in [0, 0.05) is 17.7 Å².